The largest absolute Gasteiger partial charge is 0.379 e. The Balaban J connectivity index is 3.03. The third-order valence-electron chi connectivity index (χ3n) is 6.09. The Morgan fingerprint density at radius 3 is 0.902 bits per heavy atom. The van der Waals surface area contributed by atoms with Crippen molar-refractivity contribution >= 4 is 0 Å². The van der Waals surface area contributed by atoms with Gasteiger partial charge in [0.2, 0.25) is 0 Å². The first kappa shape index (κ1) is 40.6. The highest BCUT2D eigenvalue weighted by Crippen LogP contribution is 2.04. The molecule has 0 N–H and O–H groups in total. The van der Waals surface area contributed by atoms with Gasteiger partial charge in [-0.25, -0.2) is 0 Å². The van der Waals surface area contributed by atoms with Crippen LogP contribution in [0.5, 0.6) is 0 Å². The average molecular weight is 597 g/mol. The molecule has 0 rings (SSSR count). The fourth-order valence-electron chi connectivity index (χ4n) is 3.37. The third-order valence-corrected chi connectivity index (χ3v) is 6.09. The van der Waals surface area contributed by atoms with Crippen LogP contribution < -0.4 is 0 Å². The van der Waals surface area contributed by atoms with Gasteiger partial charge in [-0.05, 0) is 12.3 Å². The Morgan fingerprint density at radius 1 is 0.317 bits per heavy atom. The lowest BCUT2D eigenvalue weighted by Crippen LogP contribution is -2.15. The molecule has 0 spiro atoms. The molecule has 0 aromatic rings. The van der Waals surface area contributed by atoms with Crippen molar-refractivity contribution in [3.8, 4) is 0 Å². The minimum absolute atomic E-state index is 0.533. The van der Waals surface area contributed by atoms with Gasteiger partial charge in [-0.3, -0.25) is 0 Å². The Labute approximate surface area is 251 Å². The predicted molar refractivity (Wildman–Crippen MR) is 161 cm³/mol. The van der Waals surface area contributed by atoms with E-state index in [0.717, 1.165) is 26.1 Å². The van der Waals surface area contributed by atoms with E-state index < -0.39 is 0 Å². The summed E-state index contributed by atoms with van der Waals surface area (Å²) in [6.07, 6.45) is 8.84. The van der Waals surface area contributed by atoms with Crippen LogP contribution in [0.1, 0.15) is 65.7 Å². The monoisotopic (exact) mass is 596 g/mol. The van der Waals surface area contributed by atoms with Crippen LogP contribution in [0.3, 0.4) is 0 Å². The molecule has 41 heavy (non-hydrogen) atoms. The van der Waals surface area contributed by atoms with E-state index in [1.807, 2.05) is 0 Å². The van der Waals surface area contributed by atoms with Gasteiger partial charge in [0.05, 0.1) is 119 Å². The number of rotatable bonds is 37. The van der Waals surface area contributed by atoms with E-state index in [1.165, 1.54) is 32.1 Å². The van der Waals surface area contributed by atoms with E-state index in [9.17, 15) is 0 Å². The Morgan fingerprint density at radius 2 is 0.585 bits per heavy atom. The molecular weight excluding hydrogens is 532 g/mol. The lowest BCUT2D eigenvalue weighted by Gasteiger charge is -2.10. The van der Waals surface area contributed by atoms with Crippen molar-refractivity contribution < 1.29 is 47.4 Å². The molecule has 0 aromatic heterocycles. The van der Waals surface area contributed by atoms with Gasteiger partial charge in [0.1, 0.15) is 0 Å². The van der Waals surface area contributed by atoms with Crippen LogP contribution in [0.4, 0.5) is 0 Å². The van der Waals surface area contributed by atoms with Crippen molar-refractivity contribution in [2.45, 2.75) is 65.7 Å². The SMILES string of the molecule is CCCCCCCCOCCOCCOCCOCCOCCOCCOCCOCCOCCOCC(C)CC. The maximum atomic E-state index is 5.58. The molecular formula is C31H64O10. The van der Waals surface area contributed by atoms with Crippen LogP contribution in [-0.4, -0.2) is 132 Å². The summed E-state index contributed by atoms with van der Waals surface area (Å²) in [5.74, 6) is 0.603. The van der Waals surface area contributed by atoms with E-state index in [1.54, 1.807) is 0 Å². The van der Waals surface area contributed by atoms with Gasteiger partial charge >= 0.3 is 0 Å². The van der Waals surface area contributed by atoms with Crippen molar-refractivity contribution in [3.63, 3.8) is 0 Å². The number of hydrogen-bond acceptors (Lipinski definition) is 10. The van der Waals surface area contributed by atoms with Gasteiger partial charge in [0.25, 0.3) is 0 Å². The molecule has 1 unspecified atom stereocenters. The van der Waals surface area contributed by atoms with Gasteiger partial charge in [-0.1, -0.05) is 59.3 Å². The second-order valence-corrected chi connectivity index (χ2v) is 9.87. The van der Waals surface area contributed by atoms with Crippen molar-refractivity contribution in [2.24, 2.45) is 5.92 Å². The van der Waals surface area contributed by atoms with Gasteiger partial charge in [0, 0.05) is 13.2 Å². The number of hydrogen-bond donors (Lipinski definition) is 0. The summed E-state index contributed by atoms with van der Waals surface area (Å²) in [6, 6.07) is 0. The Kier molecular flexibility index (Phi) is 37.3. The molecule has 0 heterocycles. The highest BCUT2D eigenvalue weighted by atomic mass is 16.6. The number of unbranched alkanes of at least 4 members (excludes halogenated alkanes) is 5. The molecule has 10 heteroatoms. The first-order valence-corrected chi connectivity index (χ1v) is 16.1. The molecule has 0 saturated heterocycles. The summed E-state index contributed by atoms with van der Waals surface area (Å²) in [7, 11) is 0. The van der Waals surface area contributed by atoms with Gasteiger partial charge in [-0.15, -0.1) is 0 Å². The minimum atomic E-state index is 0.533. The van der Waals surface area contributed by atoms with E-state index in [2.05, 4.69) is 20.8 Å². The third kappa shape index (κ3) is 37.6. The summed E-state index contributed by atoms with van der Waals surface area (Å²) in [5, 5.41) is 0. The van der Waals surface area contributed by atoms with Crippen LogP contribution in [0, 0.1) is 5.92 Å². The summed E-state index contributed by atoms with van der Waals surface area (Å²) in [4.78, 5) is 0. The van der Waals surface area contributed by atoms with Gasteiger partial charge in [-0.2, -0.15) is 0 Å². The zero-order valence-electron chi connectivity index (χ0n) is 26.8. The van der Waals surface area contributed by atoms with Crippen LogP contribution in [0.15, 0.2) is 0 Å². The van der Waals surface area contributed by atoms with E-state index in [0.29, 0.717) is 125 Å². The summed E-state index contributed by atoms with van der Waals surface area (Å²) >= 11 is 0. The maximum absolute atomic E-state index is 5.58. The number of ether oxygens (including phenoxy) is 10. The first-order valence-electron chi connectivity index (χ1n) is 16.1. The van der Waals surface area contributed by atoms with Crippen LogP contribution in [0.2, 0.25) is 0 Å². The second-order valence-electron chi connectivity index (χ2n) is 9.87. The average Bonchev–Trinajstić information content (AvgIpc) is 2.99. The normalized spacial score (nSPS) is 12.4. The highest BCUT2D eigenvalue weighted by Gasteiger charge is 1.99. The van der Waals surface area contributed by atoms with Crippen LogP contribution in [-0.2, 0) is 47.4 Å². The molecule has 0 amide bonds. The molecule has 0 radical (unpaired) electrons. The quantitative estimate of drug-likeness (QED) is 0.0951. The molecule has 0 saturated carbocycles. The molecule has 248 valence electrons. The van der Waals surface area contributed by atoms with Gasteiger partial charge < -0.3 is 47.4 Å². The van der Waals surface area contributed by atoms with Gasteiger partial charge in [0.15, 0.2) is 0 Å². The zero-order chi connectivity index (χ0) is 29.7. The summed E-state index contributed by atoms with van der Waals surface area (Å²) in [6.45, 7) is 18.4. The standard InChI is InChI=1S/C31H64O10/c1-4-6-7-8-9-10-11-32-12-13-33-14-15-34-16-17-35-18-19-36-20-21-37-22-23-38-24-25-39-26-27-40-28-29-41-30-31(3)5-2/h31H,4-30H2,1-3H3. The molecule has 0 aliphatic rings. The first-order chi connectivity index (χ1) is 20.3. The highest BCUT2D eigenvalue weighted by molar-refractivity contribution is 4.46. The van der Waals surface area contributed by atoms with Crippen LogP contribution in [0.25, 0.3) is 0 Å². The molecule has 0 aliphatic carbocycles. The molecule has 0 aromatic carbocycles. The molecule has 1 atom stereocenters. The smallest absolute Gasteiger partial charge is 0.0701 e. The summed E-state index contributed by atoms with van der Waals surface area (Å²) < 4.78 is 55.0. The van der Waals surface area contributed by atoms with E-state index >= 15 is 0 Å². The Bertz CT molecular complexity index is 459. The van der Waals surface area contributed by atoms with E-state index in [-0.39, 0.29) is 0 Å². The van der Waals surface area contributed by atoms with E-state index in [4.69, 9.17) is 47.4 Å². The molecule has 0 aliphatic heterocycles. The zero-order valence-corrected chi connectivity index (χ0v) is 26.8. The fourth-order valence-corrected chi connectivity index (χ4v) is 3.37. The van der Waals surface area contributed by atoms with Crippen molar-refractivity contribution in [1.82, 2.24) is 0 Å². The maximum Gasteiger partial charge on any atom is 0.0701 e. The minimum Gasteiger partial charge on any atom is -0.379 e. The lowest BCUT2D eigenvalue weighted by atomic mass is 10.1. The van der Waals surface area contributed by atoms with Crippen LogP contribution >= 0.6 is 0 Å². The summed E-state index contributed by atoms with van der Waals surface area (Å²) in [5.41, 5.74) is 0. The Hall–Kier alpha value is -0.400. The van der Waals surface area contributed by atoms with Crippen molar-refractivity contribution in [2.75, 3.05) is 132 Å². The van der Waals surface area contributed by atoms with Crippen molar-refractivity contribution in [3.05, 3.63) is 0 Å². The fraction of sp³-hybridized carbons (Fsp3) is 1.00. The molecule has 0 fully saturated rings. The molecule has 10 nitrogen and oxygen atoms in total. The lowest BCUT2D eigenvalue weighted by molar-refractivity contribution is -0.0268. The second kappa shape index (κ2) is 37.6. The van der Waals surface area contributed by atoms with Crippen molar-refractivity contribution in [1.29, 1.82) is 0 Å². The predicted octanol–water partition coefficient (Wildman–Crippen LogP) is 4.56. The topological polar surface area (TPSA) is 92.3 Å². The molecule has 0 bridgehead atoms.